The maximum atomic E-state index is 4.99. The normalized spacial score (nSPS) is 22.4. The highest BCUT2D eigenvalue weighted by Gasteiger charge is 2.13. The van der Waals surface area contributed by atoms with Gasteiger partial charge in [0, 0.05) is 25.5 Å². The molecular weight excluding hydrogens is 182 g/mol. The quantitative estimate of drug-likeness (QED) is 0.639. The fourth-order valence-electron chi connectivity index (χ4n) is 1.56. The van der Waals surface area contributed by atoms with Crippen molar-refractivity contribution in [1.82, 2.24) is 5.32 Å². The summed E-state index contributed by atoms with van der Waals surface area (Å²) in [5.74, 6) is 1.37. The molecule has 1 heterocycles. The average Bonchev–Trinajstić information content (AvgIpc) is 2.63. The second-order valence-corrected chi connectivity index (χ2v) is 4.95. The van der Waals surface area contributed by atoms with Crippen molar-refractivity contribution in [3.63, 3.8) is 0 Å². The van der Waals surface area contributed by atoms with Crippen molar-refractivity contribution in [2.24, 2.45) is 0 Å². The van der Waals surface area contributed by atoms with Gasteiger partial charge in [-0.1, -0.05) is 0 Å². The van der Waals surface area contributed by atoms with E-state index in [1.807, 2.05) is 0 Å². The topological polar surface area (TPSA) is 21.3 Å². The molecule has 0 spiro atoms. The van der Waals surface area contributed by atoms with Crippen LogP contribution < -0.4 is 5.32 Å². The molecule has 78 valence electrons. The van der Waals surface area contributed by atoms with E-state index in [4.69, 9.17) is 4.74 Å². The van der Waals surface area contributed by atoms with E-state index in [9.17, 15) is 0 Å². The van der Waals surface area contributed by atoms with Crippen LogP contribution in [0, 0.1) is 0 Å². The van der Waals surface area contributed by atoms with Crippen LogP contribution in [0.4, 0.5) is 0 Å². The molecule has 1 atom stereocenters. The summed E-state index contributed by atoms with van der Waals surface area (Å²) in [6.45, 7) is 3.26. The zero-order valence-electron chi connectivity index (χ0n) is 8.55. The maximum absolute atomic E-state index is 4.99. The zero-order chi connectivity index (χ0) is 9.36. The minimum absolute atomic E-state index is 0.891. The second-order valence-electron chi connectivity index (χ2n) is 3.54. The smallest absolute Gasteiger partial charge is 0.0462 e. The summed E-state index contributed by atoms with van der Waals surface area (Å²) < 4.78 is 4.99. The number of thioether (sulfide) groups is 1. The summed E-state index contributed by atoms with van der Waals surface area (Å²) in [7, 11) is 1.77. The van der Waals surface area contributed by atoms with E-state index in [1.54, 1.807) is 7.11 Å². The SMILES string of the molecule is COCCCCNCC1CCCS1. The highest BCUT2D eigenvalue weighted by molar-refractivity contribution is 8.00. The Bertz CT molecular complexity index is 115. The van der Waals surface area contributed by atoms with E-state index in [0.29, 0.717) is 0 Å². The largest absolute Gasteiger partial charge is 0.385 e. The molecule has 2 nitrogen and oxygen atoms in total. The average molecular weight is 203 g/mol. The van der Waals surface area contributed by atoms with Crippen molar-refractivity contribution in [2.75, 3.05) is 32.6 Å². The lowest BCUT2D eigenvalue weighted by Crippen LogP contribution is -2.24. The second kappa shape index (κ2) is 7.65. The van der Waals surface area contributed by atoms with Crippen LogP contribution in [0.3, 0.4) is 0 Å². The first-order valence-corrected chi connectivity index (χ1v) is 6.29. The number of rotatable bonds is 7. The Morgan fingerprint density at radius 2 is 2.38 bits per heavy atom. The van der Waals surface area contributed by atoms with Crippen molar-refractivity contribution in [3.05, 3.63) is 0 Å². The predicted molar refractivity (Wildman–Crippen MR) is 59.5 cm³/mol. The minimum Gasteiger partial charge on any atom is -0.385 e. The van der Waals surface area contributed by atoms with Crippen molar-refractivity contribution in [1.29, 1.82) is 0 Å². The summed E-state index contributed by atoms with van der Waals surface area (Å²) in [5.41, 5.74) is 0. The van der Waals surface area contributed by atoms with Gasteiger partial charge < -0.3 is 10.1 Å². The van der Waals surface area contributed by atoms with Crippen LogP contribution in [0.5, 0.6) is 0 Å². The van der Waals surface area contributed by atoms with Gasteiger partial charge in [-0.3, -0.25) is 0 Å². The third kappa shape index (κ3) is 5.55. The Labute approximate surface area is 85.8 Å². The van der Waals surface area contributed by atoms with Crippen molar-refractivity contribution >= 4 is 11.8 Å². The molecule has 0 aliphatic carbocycles. The molecule has 0 radical (unpaired) electrons. The van der Waals surface area contributed by atoms with Crippen LogP contribution in [0.25, 0.3) is 0 Å². The Morgan fingerprint density at radius 3 is 3.08 bits per heavy atom. The molecule has 1 N–H and O–H groups in total. The Kier molecular flexibility index (Phi) is 6.68. The van der Waals surface area contributed by atoms with Gasteiger partial charge in [-0.25, -0.2) is 0 Å². The number of nitrogens with one attached hydrogen (secondary N) is 1. The lowest BCUT2D eigenvalue weighted by atomic mass is 10.2. The van der Waals surface area contributed by atoms with Gasteiger partial charge in [-0.2, -0.15) is 11.8 Å². The molecule has 13 heavy (non-hydrogen) atoms. The molecule has 0 aromatic rings. The van der Waals surface area contributed by atoms with E-state index < -0.39 is 0 Å². The molecular formula is C10H21NOS. The van der Waals surface area contributed by atoms with Crippen LogP contribution >= 0.6 is 11.8 Å². The van der Waals surface area contributed by atoms with Gasteiger partial charge in [0.1, 0.15) is 0 Å². The third-order valence-corrected chi connectivity index (χ3v) is 3.75. The van der Waals surface area contributed by atoms with Gasteiger partial charge in [0.2, 0.25) is 0 Å². The van der Waals surface area contributed by atoms with Gasteiger partial charge in [-0.15, -0.1) is 0 Å². The summed E-state index contributed by atoms with van der Waals surface area (Å²) in [6.07, 6.45) is 5.25. The molecule has 1 rings (SSSR count). The van der Waals surface area contributed by atoms with Crippen LogP contribution in [-0.2, 0) is 4.74 Å². The first-order chi connectivity index (χ1) is 6.43. The summed E-state index contributed by atoms with van der Waals surface area (Å²) in [5, 5.41) is 4.40. The standard InChI is InChI=1S/C10H21NOS/c1-12-7-3-2-6-11-9-10-5-4-8-13-10/h10-11H,2-9H2,1H3. The zero-order valence-corrected chi connectivity index (χ0v) is 9.37. The highest BCUT2D eigenvalue weighted by Crippen LogP contribution is 2.25. The summed E-state index contributed by atoms with van der Waals surface area (Å²) >= 11 is 2.12. The Hall–Kier alpha value is 0.270. The molecule has 0 aromatic carbocycles. The fourth-order valence-corrected chi connectivity index (χ4v) is 2.80. The van der Waals surface area contributed by atoms with Crippen molar-refractivity contribution < 1.29 is 4.74 Å². The Morgan fingerprint density at radius 1 is 1.46 bits per heavy atom. The van der Waals surface area contributed by atoms with Crippen LogP contribution in [0.15, 0.2) is 0 Å². The molecule has 0 bridgehead atoms. The maximum Gasteiger partial charge on any atom is 0.0462 e. The van der Waals surface area contributed by atoms with Crippen molar-refractivity contribution in [2.45, 2.75) is 30.9 Å². The lowest BCUT2D eigenvalue weighted by molar-refractivity contribution is 0.192. The van der Waals surface area contributed by atoms with Gasteiger partial charge in [0.15, 0.2) is 0 Å². The van der Waals surface area contributed by atoms with E-state index in [0.717, 1.165) is 18.4 Å². The lowest BCUT2D eigenvalue weighted by Gasteiger charge is -2.09. The summed E-state index contributed by atoms with van der Waals surface area (Å²) in [4.78, 5) is 0. The monoisotopic (exact) mass is 203 g/mol. The summed E-state index contributed by atoms with van der Waals surface area (Å²) in [6, 6.07) is 0. The number of methoxy groups -OCH3 is 1. The van der Waals surface area contributed by atoms with Crippen molar-refractivity contribution in [3.8, 4) is 0 Å². The number of hydrogen-bond acceptors (Lipinski definition) is 3. The molecule has 1 unspecified atom stereocenters. The van der Waals surface area contributed by atoms with Gasteiger partial charge >= 0.3 is 0 Å². The molecule has 1 saturated heterocycles. The van der Waals surface area contributed by atoms with Crippen LogP contribution in [-0.4, -0.2) is 37.8 Å². The number of ether oxygens (including phenoxy) is 1. The first kappa shape index (κ1) is 11.3. The van der Waals surface area contributed by atoms with Gasteiger partial charge in [-0.05, 0) is 38.0 Å². The van der Waals surface area contributed by atoms with E-state index >= 15 is 0 Å². The fraction of sp³-hybridized carbons (Fsp3) is 1.00. The van der Waals surface area contributed by atoms with Gasteiger partial charge in [0.05, 0.1) is 0 Å². The third-order valence-electron chi connectivity index (χ3n) is 2.35. The molecule has 1 fully saturated rings. The first-order valence-electron chi connectivity index (χ1n) is 5.24. The van der Waals surface area contributed by atoms with E-state index in [-0.39, 0.29) is 0 Å². The Balaban J connectivity index is 1.78. The number of unbranched alkanes of at least 4 members (excludes halogenated alkanes) is 1. The minimum atomic E-state index is 0.891. The predicted octanol–water partition coefficient (Wildman–Crippen LogP) is 1.90. The highest BCUT2D eigenvalue weighted by atomic mass is 32.2. The van der Waals surface area contributed by atoms with E-state index in [1.165, 1.54) is 38.0 Å². The molecule has 1 aliphatic heterocycles. The molecule has 0 aromatic heterocycles. The van der Waals surface area contributed by atoms with Gasteiger partial charge in [0.25, 0.3) is 0 Å². The molecule has 0 amide bonds. The molecule has 0 saturated carbocycles. The molecule has 3 heteroatoms. The van der Waals surface area contributed by atoms with E-state index in [2.05, 4.69) is 17.1 Å². The molecule has 1 aliphatic rings. The van der Waals surface area contributed by atoms with Crippen LogP contribution in [0.1, 0.15) is 25.7 Å². The number of hydrogen-bond donors (Lipinski definition) is 1. The van der Waals surface area contributed by atoms with Crippen LogP contribution in [0.2, 0.25) is 0 Å².